The first-order chi connectivity index (χ1) is 15.6. The number of aldehydes is 1. The minimum atomic E-state index is -0.193. The number of carbonyl (C=O) groups excluding carboxylic acids is 2. The van der Waals surface area contributed by atoms with E-state index in [1.807, 2.05) is 32.9 Å². The molecule has 33 heavy (non-hydrogen) atoms. The lowest BCUT2D eigenvalue weighted by atomic mass is 10.0. The van der Waals surface area contributed by atoms with E-state index in [4.69, 9.17) is 16.7 Å². The highest BCUT2D eigenvalue weighted by Gasteiger charge is 2.03. The van der Waals surface area contributed by atoms with Crippen LogP contribution in [0.2, 0.25) is 0 Å². The summed E-state index contributed by atoms with van der Waals surface area (Å²) in [5, 5.41) is 10.8. The van der Waals surface area contributed by atoms with Gasteiger partial charge in [0.15, 0.2) is 5.78 Å². The average Bonchev–Trinajstić information content (AvgIpc) is 2.82. The molecule has 4 nitrogen and oxygen atoms in total. The number of aliphatic hydroxyl groups excluding tert-OH is 1. The van der Waals surface area contributed by atoms with Crippen LogP contribution in [0.1, 0.15) is 47.1 Å². The monoisotopic (exact) mass is 479 g/mol. The van der Waals surface area contributed by atoms with Crippen LogP contribution in [0.25, 0.3) is 0 Å². The van der Waals surface area contributed by atoms with Crippen molar-refractivity contribution in [3.63, 3.8) is 0 Å². The molecule has 0 aromatic heterocycles. The van der Waals surface area contributed by atoms with Gasteiger partial charge < -0.3 is 10.4 Å². The molecule has 0 fully saturated rings. The fourth-order valence-corrected chi connectivity index (χ4v) is 2.02. The van der Waals surface area contributed by atoms with Crippen LogP contribution in [0.5, 0.6) is 0 Å². The number of aliphatic hydroxyl groups is 1. The van der Waals surface area contributed by atoms with Crippen LogP contribution in [-0.4, -0.2) is 30.8 Å². The predicted molar refractivity (Wildman–Crippen MR) is 141 cm³/mol. The zero-order valence-electron chi connectivity index (χ0n) is 21.1. The number of carbonyl (C=O) groups is 2. The first-order valence-corrected chi connectivity index (χ1v) is 10.9. The molecule has 1 aromatic rings. The van der Waals surface area contributed by atoms with Gasteiger partial charge in [-0.3, -0.25) is 9.59 Å². The summed E-state index contributed by atoms with van der Waals surface area (Å²) in [7, 11) is 1.00. The summed E-state index contributed by atoms with van der Waals surface area (Å²) < 4.78 is 13.1. The molecule has 0 saturated carbocycles. The van der Waals surface area contributed by atoms with Crippen molar-refractivity contribution in [2.45, 2.75) is 48.5 Å². The maximum absolute atomic E-state index is 13.1. The van der Waals surface area contributed by atoms with Crippen LogP contribution in [0, 0.1) is 12.7 Å². The lowest BCUT2D eigenvalue weighted by Gasteiger charge is -2.07. The number of allylic oxidation sites excluding steroid dienone is 8. The van der Waals surface area contributed by atoms with E-state index in [1.165, 1.54) is 12.1 Å². The number of ketones is 1. The van der Waals surface area contributed by atoms with E-state index in [0.717, 1.165) is 29.7 Å². The quantitative estimate of drug-likeness (QED) is 0.237. The van der Waals surface area contributed by atoms with Crippen LogP contribution >= 0.6 is 11.6 Å². The Morgan fingerprint density at radius 2 is 1.76 bits per heavy atom. The fraction of sp³-hybridized carbons (Fsp3) is 0.333. The summed E-state index contributed by atoms with van der Waals surface area (Å²) in [4.78, 5) is 21.7. The molecule has 2 N–H and O–H groups in total. The van der Waals surface area contributed by atoms with Gasteiger partial charge in [-0.15, -0.1) is 0 Å². The molecule has 0 aliphatic heterocycles. The molecule has 0 heterocycles. The van der Waals surface area contributed by atoms with Gasteiger partial charge in [-0.25, -0.2) is 4.39 Å². The van der Waals surface area contributed by atoms with Gasteiger partial charge in [0, 0.05) is 35.5 Å². The smallest absolute Gasteiger partial charge is 0.185 e. The molecule has 1 rings (SSSR count). The molecule has 0 unspecified atom stereocenters. The molecule has 0 aliphatic rings. The molecule has 0 saturated heterocycles. The zero-order valence-corrected chi connectivity index (χ0v) is 21.9. The maximum atomic E-state index is 13.1. The molecule has 0 radical (unpaired) electrons. The van der Waals surface area contributed by atoms with Crippen molar-refractivity contribution in [1.29, 1.82) is 0 Å². The van der Waals surface area contributed by atoms with E-state index in [1.54, 1.807) is 52.0 Å². The Kier molecular flexibility index (Phi) is 23.7. The molecule has 0 aliphatic carbocycles. The van der Waals surface area contributed by atoms with Crippen molar-refractivity contribution in [2.24, 2.45) is 0 Å². The van der Waals surface area contributed by atoms with Crippen LogP contribution < -0.4 is 5.32 Å². The Morgan fingerprint density at radius 1 is 1.18 bits per heavy atom. The predicted octanol–water partition coefficient (Wildman–Crippen LogP) is 7.10. The Bertz CT molecular complexity index is 849. The summed E-state index contributed by atoms with van der Waals surface area (Å²) in [6.07, 6.45) is 9.12. The van der Waals surface area contributed by atoms with Crippen molar-refractivity contribution in [3.8, 4) is 0 Å². The number of hydrogen-bond donors (Lipinski definition) is 2. The van der Waals surface area contributed by atoms with Crippen molar-refractivity contribution >= 4 is 29.4 Å². The highest BCUT2D eigenvalue weighted by Crippen LogP contribution is 2.17. The van der Waals surface area contributed by atoms with Gasteiger partial charge in [-0.05, 0) is 64.0 Å². The molecule has 1 aromatic carbocycles. The first kappa shape index (κ1) is 34.8. The number of hydrogen-bond acceptors (Lipinski definition) is 4. The van der Waals surface area contributed by atoms with Crippen molar-refractivity contribution < 1.29 is 19.1 Å². The van der Waals surface area contributed by atoms with E-state index in [2.05, 4.69) is 11.9 Å². The van der Waals surface area contributed by atoms with Gasteiger partial charge in [0.05, 0.1) is 0 Å². The number of benzene rings is 1. The minimum absolute atomic E-state index is 0.108. The van der Waals surface area contributed by atoms with E-state index in [0.29, 0.717) is 23.3 Å². The van der Waals surface area contributed by atoms with Crippen LogP contribution in [0.15, 0.2) is 76.9 Å². The van der Waals surface area contributed by atoms with E-state index < -0.39 is 0 Å². The third-order valence-electron chi connectivity index (χ3n) is 3.82. The summed E-state index contributed by atoms with van der Waals surface area (Å²) in [5.41, 5.74) is 3.26. The van der Waals surface area contributed by atoms with E-state index >= 15 is 0 Å². The third kappa shape index (κ3) is 17.5. The molecular weight excluding hydrogens is 441 g/mol. The largest absolute Gasteiger partial charge is 0.400 e. The SMILES string of the molecule is C/C(Cl)=C\CNc1cccc(F)c1C.C=C(C(=O)/C=C/C)/C(C)=C\C=C(/C)C=O.CC.CO. The van der Waals surface area contributed by atoms with Crippen molar-refractivity contribution in [1.82, 2.24) is 0 Å². The van der Waals surface area contributed by atoms with Crippen LogP contribution in [-0.2, 0) is 9.59 Å². The van der Waals surface area contributed by atoms with Gasteiger partial charge in [-0.1, -0.05) is 62.4 Å². The van der Waals surface area contributed by atoms with Gasteiger partial charge in [0.25, 0.3) is 0 Å². The molecule has 0 atom stereocenters. The van der Waals surface area contributed by atoms with Crippen LogP contribution in [0.4, 0.5) is 10.1 Å². The minimum Gasteiger partial charge on any atom is -0.400 e. The fourth-order valence-electron chi connectivity index (χ4n) is 1.94. The van der Waals surface area contributed by atoms with E-state index in [-0.39, 0.29) is 11.6 Å². The Balaban J connectivity index is -0.000000474. The normalized spacial score (nSPS) is 11.2. The standard InChI is InChI=1S/C13H16O2.C11H13ClFN.C2H6.CH4O/c1-5-6-13(15)12(4)11(3)8-7-10(2)9-14;1-8(12)6-7-14-11-5-3-4-10(13)9(11)2;2*1-2/h5-9H,4H2,1-3H3;3-6,14H,7H2,1-2H3;1-2H3;2H,1H3/b6-5+,10-7+,11-8-;8-6+;;. The van der Waals surface area contributed by atoms with Crippen molar-refractivity contribution in [3.05, 3.63) is 88.3 Å². The first-order valence-electron chi connectivity index (χ1n) is 10.6. The molecule has 0 amide bonds. The number of rotatable bonds is 8. The van der Waals surface area contributed by atoms with Gasteiger partial charge in [-0.2, -0.15) is 0 Å². The second kappa shape index (κ2) is 22.4. The molecule has 0 bridgehead atoms. The van der Waals surface area contributed by atoms with Gasteiger partial charge in [0.2, 0.25) is 0 Å². The zero-order chi connectivity index (χ0) is 26.4. The Morgan fingerprint density at radius 3 is 2.24 bits per heavy atom. The summed E-state index contributed by atoms with van der Waals surface area (Å²) >= 11 is 5.66. The third-order valence-corrected chi connectivity index (χ3v) is 3.97. The topological polar surface area (TPSA) is 66.4 Å². The molecular formula is C27H39ClFNO3. The lowest BCUT2D eigenvalue weighted by Crippen LogP contribution is -2.01. The second-order valence-corrected chi connectivity index (χ2v) is 6.90. The summed E-state index contributed by atoms with van der Waals surface area (Å²) in [6, 6.07) is 4.97. The summed E-state index contributed by atoms with van der Waals surface area (Å²) in [6.45, 7) is 17.1. The molecule has 0 spiro atoms. The van der Waals surface area contributed by atoms with Crippen LogP contribution in [0.3, 0.4) is 0 Å². The van der Waals surface area contributed by atoms with E-state index in [9.17, 15) is 14.0 Å². The van der Waals surface area contributed by atoms with Gasteiger partial charge >= 0.3 is 0 Å². The molecule has 6 heteroatoms. The summed E-state index contributed by atoms with van der Waals surface area (Å²) in [5.74, 6) is -0.301. The number of anilines is 1. The van der Waals surface area contributed by atoms with Gasteiger partial charge in [0.1, 0.15) is 12.1 Å². The number of nitrogens with one attached hydrogen (secondary N) is 1. The Hall–Kier alpha value is -2.76. The molecule has 184 valence electrons. The highest BCUT2D eigenvalue weighted by molar-refractivity contribution is 6.29. The Labute approximate surface area is 204 Å². The van der Waals surface area contributed by atoms with Crippen molar-refractivity contribution in [2.75, 3.05) is 19.0 Å². The average molecular weight is 480 g/mol. The lowest BCUT2D eigenvalue weighted by molar-refractivity contribution is -0.111. The number of halogens is 2. The second-order valence-electron chi connectivity index (χ2n) is 6.31. The maximum Gasteiger partial charge on any atom is 0.185 e. The highest BCUT2D eigenvalue weighted by atomic mass is 35.5.